The normalized spacial score (nSPS) is 14.5. The molecule has 4 rings (SSSR count). The van der Waals surface area contributed by atoms with Crippen LogP contribution < -0.4 is 15.2 Å². The van der Waals surface area contributed by atoms with Gasteiger partial charge in [-0.25, -0.2) is 0 Å². The predicted molar refractivity (Wildman–Crippen MR) is 82.3 cm³/mol. The molecule has 3 aromatic rings. The number of hydrogen-bond acceptors (Lipinski definition) is 5. The van der Waals surface area contributed by atoms with Gasteiger partial charge in [-0.1, -0.05) is 12.1 Å². The van der Waals surface area contributed by atoms with E-state index in [1.165, 1.54) is 5.56 Å². The van der Waals surface area contributed by atoms with Gasteiger partial charge in [-0.15, -0.1) is 10.2 Å². The van der Waals surface area contributed by atoms with Gasteiger partial charge in [0.25, 0.3) is 0 Å². The van der Waals surface area contributed by atoms with E-state index < -0.39 is 0 Å². The standard InChI is InChI=1S/C16H16N4O2/c1-10(17)6-11-2-4-12(5-3-11)20-18-13-7-15-16(22-9-21-15)8-14(13)19-20/h2-5,7-8,10H,6,9,17H2,1H3/t10-/m1/s1. The third kappa shape index (κ3) is 2.27. The molecule has 1 aliphatic heterocycles. The smallest absolute Gasteiger partial charge is 0.231 e. The summed E-state index contributed by atoms with van der Waals surface area (Å²) in [5.74, 6) is 1.43. The fourth-order valence-corrected chi connectivity index (χ4v) is 2.56. The minimum Gasteiger partial charge on any atom is -0.454 e. The first-order valence-corrected chi connectivity index (χ1v) is 7.20. The van der Waals surface area contributed by atoms with E-state index in [2.05, 4.69) is 22.3 Å². The van der Waals surface area contributed by atoms with Crippen molar-refractivity contribution in [3.05, 3.63) is 42.0 Å². The lowest BCUT2D eigenvalue weighted by atomic mass is 10.1. The minimum absolute atomic E-state index is 0.152. The molecule has 0 saturated carbocycles. The fourth-order valence-electron chi connectivity index (χ4n) is 2.56. The molecule has 22 heavy (non-hydrogen) atoms. The first-order valence-electron chi connectivity index (χ1n) is 7.20. The van der Waals surface area contributed by atoms with Gasteiger partial charge < -0.3 is 15.2 Å². The molecule has 0 fully saturated rings. The molecule has 6 nitrogen and oxygen atoms in total. The van der Waals surface area contributed by atoms with Gasteiger partial charge in [0.05, 0.1) is 5.69 Å². The first kappa shape index (κ1) is 13.1. The van der Waals surface area contributed by atoms with E-state index in [0.29, 0.717) is 11.5 Å². The predicted octanol–water partition coefficient (Wildman–Crippen LogP) is 2.04. The molecule has 2 heterocycles. The zero-order chi connectivity index (χ0) is 15.1. The molecule has 0 saturated heterocycles. The van der Waals surface area contributed by atoms with Gasteiger partial charge >= 0.3 is 0 Å². The first-order chi connectivity index (χ1) is 10.7. The van der Waals surface area contributed by atoms with Gasteiger partial charge in [0.2, 0.25) is 6.79 Å². The van der Waals surface area contributed by atoms with Crippen LogP contribution in [0.5, 0.6) is 11.5 Å². The van der Waals surface area contributed by atoms with E-state index in [0.717, 1.165) is 23.1 Å². The molecule has 1 aromatic heterocycles. The van der Waals surface area contributed by atoms with Crippen LogP contribution in [-0.2, 0) is 6.42 Å². The van der Waals surface area contributed by atoms with Crippen molar-refractivity contribution >= 4 is 11.0 Å². The van der Waals surface area contributed by atoms with E-state index in [-0.39, 0.29) is 12.8 Å². The van der Waals surface area contributed by atoms with E-state index in [9.17, 15) is 0 Å². The van der Waals surface area contributed by atoms with E-state index in [4.69, 9.17) is 15.2 Å². The number of ether oxygens (including phenoxy) is 2. The van der Waals surface area contributed by atoms with Crippen LogP contribution in [0.4, 0.5) is 0 Å². The summed E-state index contributed by atoms with van der Waals surface area (Å²) in [7, 11) is 0. The Balaban J connectivity index is 1.69. The van der Waals surface area contributed by atoms with E-state index in [1.54, 1.807) is 4.80 Å². The number of nitrogens with zero attached hydrogens (tertiary/aromatic N) is 3. The highest BCUT2D eigenvalue weighted by Crippen LogP contribution is 2.34. The molecule has 0 spiro atoms. The number of rotatable bonds is 3. The van der Waals surface area contributed by atoms with E-state index in [1.807, 2.05) is 31.2 Å². The van der Waals surface area contributed by atoms with Gasteiger partial charge in [0.1, 0.15) is 11.0 Å². The maximum atomic E-state index is 5.82. The largest absolute Gasteiger partial charge is 0.454 e. The Kier molecular flexibility index (Phi) is 2.97. The summed E-state index contributed by atoms with van der Waals surface area (Å²) in [6, 6.07) is 12.0. The molecule has 0 bridgehead atoms. The van der Waals surface area contributed by atoms with Gasteiger partial charge in [-0.05, 0) is 31.0 Å². The molecule has 112 valence electrons. The Bertz CT molecular complexity index is 783. The molecule has 6 heteroatoms. The highest BCUT2D eigenvalue weighted by molar-refractivity contribution is 5.79. The average molecular weight is 296 g/mol. The van der Waals surface area contributed by atoms with Crippen molar-refractivity contribution in [2.75, 3.05) is 6.79 Å². The lowest BCUT2D eigenvalue weighted by Gasteiger charge is -2.05. The summed E-state index contributed by atoms with van der Waals surface area (Å²) in [6.45, 7) is 2.25. The summed E-state index contributed by atoms with van der Waals surface area (Å²) in [5, 5.41) is 8.99. The Morgan fingerprint density at radius 2 is 1.68 bits per heavy atom. The maximum absolute atomic E-state index is 5.82. The van der Waals surface area contributed by atoms with Gasteiger partial charge in [-0.3, -0.25) is 0 Å². The van der Waals surface area contributed by atoms with Crippen LogP contribution >= 0.6 is 0 Å². The Hall–Kier alpha value is -2.60. The zero-order valence-corrected chi connectivity index (χ0v) is 12.2. The molecule has 1 aliphatic rings. The van der Waals surface area contributed by atoms with Crippen LogP contribution in [-0.4, -0.2) is 27.8 Å². The second-order valence-corrected chi connectivity index (χ2v) is 5.53. The van der Waals surface area contributed by atoms with Crippen LogP contribution in [0.15, 0.2) is 36.4 Å². The quantitative estimate of drug-likeness (QED) is 0.800. The number of hydrogen-bond donors (Lipinski definition) is 1. The molecule has 2 N–H and O–H groups in total. The number of nitrogens with two attached hydrogens (primary N) is 1. The van der Waals surface area contributed by atoms with Crippen molar-refractivity contribution in [3.8, 4) is 17.2 Å². The minimum atomic E-state index is 0.152. The summed E-state index contributed by atoms with van der Waals surface area (Å²) < 4.78 is 10.7. The second-order valence-electron chi connectivity index (χ2n) is 5.53. The summed E-state index contributed by atoms with van der Waals surface area (Å²) in [4.78, 5) is 1.62. The second kappa shape index (κ2) is 4.99. The number of benzene rings is 2. The van der Waals surface area contributed by atoms with Crippen molar-refractivity contribution in [3.63, 3.8) is 0 Å². The number of aromatic nitrogens is 3. The Morgan fingerprint density at radius 3 is 2.23 bits per heavy atom. The van der Waals surface area contributed by atoms with Crippen LogP contribution in [0.1, 0.15) is 12.5 Å². The zero-order valence-electron chi connectivity index (χ0n) is 12.2. The SMILES string of the molecule is C[C@@H](N)Cc1ccc(-n2nc3cc4c(cc3n2)OCO4)cc1. The van der Waals surface area contributed by atoms with Crippen molar-refractivity contribution < 1.29 is 9.47 Å². The van der Waals surface area contributed by atoms with Gasteiger partial charge in [-0.2, -0.15) is 4.80 Å². The molecule has 2 aromatic carbocycles. The molecule has 0 amide bonds. The summed E-state index contributed by atoms with van der Waals surface area (Å²) >= 11 is 0. The Labute approximate surface area is 127 Å². The van der Waals surface area contributed by atoms with Crippen LogP contribution in [0, 0.1) is 0 Å². The molecule has 0 unspecified atom stereocenters. The topological polar surface area (TPSA) is 75.2 Å². The molecular formula is C16H16N4O2. The summed E-state index contributed by atoms with van der Waals surface area (Å²) in [5.41, 5.74) is 9.49. The Morgan fingerprint density at radius 1 is 1.09 bits per heavy atom. The van der Waals surface area contributed by atoms with Gasteiger partial charge in [0, 0.05) is 18.2 Å². The highest BCUT2D eigenvalue weighted by Gasteiger charge is 2.17. The lowest BCUT2D eigenvalue weighted by Crippen LogP contribution is -2.17. The average Bonchev–Trinajstić information content (AvgIpc) is 3.10. The maximum Gasteiger partial charge on any atom is 0.231 e. The molecular weight excluding hydrogens is 280 g/mol. The van der Waals surface area contributed by atoms with Crippen molar-refractivity contribution in [2.45, 2.75) is 19.4 Å². The summed E-state index contributed by atoms with van der Waals surface area (Å²) in [6.07, 6.45) is 0.857. The monoisotopic (exact) mass is 296 g/mol. The van der Waals surface area contributed by atoms with Crippen molar-refractivity contribution in [2.24, 2.45) is 5.73 Å². The highest BCUT2D eigenvalue weighted by atomic mass is 16.7. The van der Waals surface area contributed by atoms with Crippen molar-refractivity contribution in [1.29, 1.82) is 0 Å². The molecule has 1 atom stereocenters. The lowest BCUT2D eigenvalue weighted by molar-refractivity contribution is 0.174. The van der Waals surface area contributed by atoms with Crippen LogP contribution in [0.25, 0.3) is 16.7 Å². The molecule has 0 aliphatic carbocycles. The van der Waals surface area contributed by atoms with E-state index >= 15 is 0 Å². The van der Waals surface area contributed by atoms with Crippen LogP contribution in [0.2, 0.25) is 0 Å². The fraction of sp³-hybridized carbons (Fsp3) is 0.250. The number of fused-ring (bicyclic) bond motifs is 2. The van der Waals surface area contributed by atoms with Crippen molar-refractivity contribution in [1.82, 2.24) is 15.0 Å². The van der Waals surface area contributed by atoms with Gasteiger partial charge in [0.15, 0.2) is 11.5 Å². The third-order valence-corrected chi connectivity index (χ3v) is 3.60. The molecule has 0 radical (unpaired) electrons. The third-order valence-electron chi connectivity index (χ3n) is 3.60. The van der Waals surface area contributed by atoms with Crippen LogP contribution in [0.3, 0.4) is 0 Å².